The largest absolute Gasteiger partial charge is 0.418 e. The fourth-order valence-corrected chi connectivity index (χ4v) is 3.41. The molecule has 0 aromatic heterocycles. The number of hydrogen-bond acceptors (Lipinski definition) is 1. The summed E-state index contributed by atoms with van der Waals surface area (Å²) in [5.41, 5.74) is -0.663. The lowest BCUT2D eigenvalue weighted by molar-refractivity contribution is -0.137. The molecule has 20 heavy (non-hydrogen) atoms. The van der Waals surface area contributed by atoms with Gasteiger partial charge in [-0.2, -0.15) is 13.2 Å². The van der Waals surface area contributed by atoms with Crippen LogP contribution in [-0.4, -0.2) is 6.04 Å². The maximum Gasteiger partial charge on any atom is 0.418 e. The number of nitrogens with one attached hydrogen (secondary N) is 1. The molecule has 1 aromatic carbocycles. The third-order valence-electron chi connectivity index (χ3n) is 3.85. The molecule has 1 saturated carbocycles. The van der Waals surface area contributed by atoms with Crippen molar-refractivity contribution in [1.82, 2.24) is 0 Å². The maximum atomic E-state index is 13.0. The van der Waals surface area contributed by atoms with Gasteiger partial charge in [0.1, 0.15) is 0 Å². The van der Waals surface area contributed by atoms with Crippen molar-refractivity contribution in [2.75, 3.05) is 5.32 Å². The monoisotopic (exact) mass is 305 g/mol. The molecule has 112 valence electrons. The highest BCUT2D eigenvalue weighted by molar-refractivity contribution is 6.33. The van der Waals surface area contributed by atoms with Crippen molar-refractivity contribution in [2.45, 2.75) is 45.3 Å². The van der Waals surface area contributed by atoms with Crippen LogP contribution in [0.2, 0.25) is 5.02 Å². The normalized spacial score (nSPS) is 27.4. The minimum atomic E-state index is -4.39. The second-order valence-corrected chi connectivity index (χ2v) is 6.33. The Kier molecular flexibility index (Phi) is 4.52. The average molecular weight is 306 g/mol. The fourth-order valence-electron chi connectivity index (χ4n) is 3.18. The van der Waals surface area contributed by atoms with Crippen LogP contribution >= 0.6 is 11.6 Å². The van der Waals surface area contributed by atoms with E-state index in [9.17, 15) is 13.2 Å². The zero-order valence-corrected chi connectivity index (χ0v) is 12.4. The molecular weight excluding hydrogens is 287 g/mol. The van der Waals surface area contributed by atoms with Crippen molar-refractivity contribution in [1.29, 1.82) is 0 Å². The Hall–Kier alpha value is -0.900. The SMILES string of the molecule is CC1CC(C)CC(Nc2c(Cl)cccc2C(F)(F)F)C1. The van der Waals surface area contributed by atoms with Gasteiger partial charge in [0.2, 0.25) is 0 Å². The number of anilines is 1. The number of alkyl halides is 3. The van der Waals surface area contributed by atoms with Crippen molar-refractivity contribution in [3.05, 3.63) is 28.8 Å². The van der Waals surface area contributed by atoms with Gasteiger partial charge in [0, 0.05) is 6.04 Å². The zero-order valence-electron chi connectivity index (χ0n) is 11.6. The molecule has 5 heteroatoms. The van der Waals surface area contributed by atoms with Crippen molar-refractivity contribution in [3.8, 4) is 0 Å². The van der Waals surface area contributed by atoms with E-state index in [1.807, 2.05) is 0 Å². The summed E-state index contributed by atoms with van der Waals surface area (Å²) < 4.78 is 39.1. The number of para-hydroxylation sites is 1. The molecule has 0 heterocycles. The van der Waals surface area contributed by atoms with Crippen LogP contribution in [0.1, 0.15) is 38.7 Å². The summed E-state index contributed by atoms with van der Waals surface area (Å²) in [6.45, 7) is 4.28. The Morgan fingerprint density at radius 3 is 2.25 bits per heavy atom. The molecule has 0 bridgehead atoms. The molecule has 2 atom stereocenters. The predicted octanol–water partition coefficient (Wildman–Crippen LogP) is 5.60. The summed E-state index contributed by atoms with van der Waals surface area (Å²) in [7, 11) is 0. The second kappa shape index (κ2) is 5.84. The predicted molar refractivity (Wildman–Crippen MR) is 76.0 cm³/mol. The van der Waals surface area contributed by atoms with Gasteiger partial charge in [0.15, 0.2) is 0 Å². The summed E-state index contributed by atoms with van der Waals surface area (Å²) in [4.78, 5) is 0. The van der Waals surface area contributed by atoms with E-state index < -0.39 is 11.7 Å². The average Bonchev–Trinajstić information content (AvgIpc) is 2.29. The van der Waals surface area contributed by atoms with Gasteiger partial charge in [-0.05, 0) is 43.2 Å². The first-order chi connectivity index (χ1) is 9.27. The van der Waals surface area contributed by atoms with Crippen LogP contribution in [0.3, 0.4) is 0 Å². The Bertz CT molecular complexity index is 463. The molecule has 0 spiro atoms. The molecule has 1 nitrogen and oxygen atoms in total. The van der Waals surface area contributed by atoms with Gasteiger partial charge < -0.3 is 5.32 Å². The van der Waals surface area contributed by atoms with Gasteiger partial charge in [0.25, 0.3) is 0 Å². The number of rotatable bonds is 2. The maximum absolute atomic E-state index is 13.0. The first-order valence-electron chi connectivity index (χ1n) is 6.89. The Labute approximate surface area is 122 Å². The van der Waals surface area contributed by atoms with Crippen molar-refractivity contribution in [2.24, 2.45) is 11.8 Å². The van der Waals surface area contributed by atoms with E-state index in [0.29, 0.717) is 11.8 Å². The number of hydrogen-bond donors (Lipinski definition) is 1. The first-order valence-corrected chi connectivity index (χ1v) is 7.27. The van der Waals surface area contributed by atoms with E-state index in [1.54, 1.807) is 0 Å². The molecule has 2 unspecified atom stereocenters. The van der Waals surface area contributed by atoms with E-state index in [-0.39, 0.29) is 16.8 Å². The molecule has 0 aliphatic heterocycles. The minimum absolute atomic E-state index is 0.0213. The molecule has 1 N–H and O–H groups in total. The molecular formula is C15H19ClF3N. The number of halogens is 4. The van der Waals surface area contributed by atoms with Crippen LogP contribution in [0.4, 0.5) is 18.9 Å². The molecule has 1 aliphatic rings. The van der Waals surface area contributed by atoms with E-state index in [1.165, 1.54) is 12.1 Å². The third-order valence-corrected chi connectivity index (χ3v) is 4.16. The van der Waals surface area contributed by atoms with Gasteiger partial charge in [0.05, 0.1) is 16.3 Å². The van der Waals surface area contributed by atoms with E-state index >= 15 is 0 Å². The summed E-state index contributed by atoms with van der Waals surface area (Å²) in [6.07, 6.45) is -1.49. The van der Waals surface area contributed by atoms with Crippen LogP contribution < -0.4 is 5.32 Å². The third kappa shape index (κ3) is 3.60. The van der Waals surface area contributed by atoms with E-state index in [0.717, 1.165) is 25.3 Å². The van der Waals surface area contributed by atoms with Crippen molar-refractivity contribution >= 4 is 17.3 Å². The van der Waals surface area contributed by atoms with Crippen LogP contribution in [0.5, 0.6) is 0 Å². The topological polar surface area (TPSA) is 12.0 Å². The lowest BCUT2D eigenvalue weighted by atomic mass is 9.80. The lowest BCUT2D eigenvalue weighted by Gasteiger charge is -2.33. The first kappa shape index (κ1) is 15.5. The molecule has 2 rings (SSSR count). The molecule has 0 radical (unpaired) electrons. The highest BCUT2D eigenvalue weighted by Gasteiger charge is 2.35. The highest BCUT2D eigenvalue weighted by atomic mass is 35.5. The van der Waals surface area contributed by atoms with E-state index in [2.05, 4.69) is 19.2 Å². The summed E-state index contributed by atoms with van der Waals surface area (Å²) in [5.74, 6) is 1.04. The zero-order chi connectivity index (χ0) is 14.9. The van der Waals surface area contributed by atoms with Crippen LogP contribution in [0, 0.1) is 11.8 Å². The van der Waals surface area contributed by atoms with Gasteiger partial charge in [-0.3, -0.25) is 0 Å². The minimum Gasteiger partial charge on any atom is -0.381 e. The van der Waals surface area contributed by atoms with Gasteiger partial charge in [-0.25, -0.2) is 0 Å². The molecule has 0 amide bonds. The van der Waals surface area contributed by atoms with Gasteiger partial charge >= 0.3 is 6.18 Å². The Morgan fingerprint density at radius 1 is 1.10 bits per heavy atom. The highest BCUT2D eigenvalue weighted by Crippen LogP contribution is 2.40. The lowest BCUT2D eigenvalue weighted by Crippen LogP contribution is -2.31. The summed E-state index contributed by atoms with van der Waals surface area (Å²) in [6, 6.07) is 3.95. The van der Waals surface area contributed by atoms with Crippen LogP contribution in [0.15, 0.2) is 18.2 Å². The van der Waals surface area contributed by atoms with Crippen molar-refractivity contribution in [3.63, 3.8) is 0 Å². The Balaban J connectivity index is 2.24. The van der Waals surface area contributed by atoms with Crippen LogP contribution in [0.25, 0.3) is 0 Å². The van der Waals surface area contributed by atoms with Gasteiger partial charge in [-0.1, -0.05) is 31.5 Å². The fraction of sp³-hybridized carbons (Fsp3) is 0.600. The smallest absolute Gasteiger partial charge is 0.381 e. The second-order valence-electron chi connectivity index (χ2n) is 5.92. The van der Waals surface area contributed by atoms with Crippen LogP contribution in [-0.2, 0) is 6.18 Å². The van der Waals surface area contributed by atoms with E-state index in [4.69, 9.17) is 11.6 Å². The molecule has 0 saturated heterocycles. The molecule has 1 fully saturated rings. The van der Waals surface area contributed by atoms with Crippen molar-refractivity contribution < 1.29 is 13.2 Å². The number of benzene rings is 1. The molecule has 1 aromatic rings. The summed E-state index contributed by atoms with van der Waals surface area (Å²) in [5, 5.41) is 3.16. The quantitative estimate of drug-likeness (QED) is 0.750. The standard InChI is InChI=1S/C15H19ClF3N/c1-9-6-10(2)8-11(7-9)20-14-12(15(17,18)19)4-3-5-13(14)16/h3-5,9-11,20H,6-8H2,1-2H3. The van der Waals surface area contributed by atoms with Gasteiger partial charge in [-0.15, -0.1) is 0 Å². The Morgan fingerprint density at radius 2 is 1.70 bits per heavy atom. The summed E-state index contributed by atoms with van der Waals surface area (Å²) >= 11 is 5.96. The molecule has 1 aliphatic carbocycles.